The Kier molecular flexibility index (Phi) is 5.60. The van der Waals surface area contributed by atoms with Gasteiger partial charge in [-0.2, -0.15) is 5.26 Å². The van der Waals surface area contributed by atoms with Crippen LogP contribution in [0.3, 0.4) is 0 Å². The van der Waals surface area contributed by atoms with Crippen molar-refractivity contribution in [2.75, 3.05) is 6.54 Å². The SMILES string of the molecule is CC[C@H](CC#N)NC[C@@H](C)c1ccccc1. The zero-order chi connectivity index (χ0) is 11.8. The van der Waals surface area contributed by atoms with Gasteiger partial charge >= 0.3 is 0 Å². The van der Waals surface area contributed by atoms with E-state index in [2.05, 4.69) is 49.5 Å². The Bertz CT molecular complexity index is 326. The van der Waals surface area contributed by atoms with E-state index < -0.39 is 0 Å². The van der Waals surface area contributed by atoms with Crippen LogP contribution in [-0.4, -0.2) is 12.6 Å². The van der Waals surface area contributed by atoms with E-state index in [0.717, 1.165) is 13.0 Å². The molecule has 0 aliphatic heterocycles. The standard InChI is InChI=1S/C14H20N2/c1-3-14(9-10-15)16-11-12(2)13-7-5-4-6-8-13/h4-8,12,14,16H,3,9,11H2,1-2H3/t12-,14-/m1/s1. The third-order valence-electron chi connectivity index (χ3n) is 2.91. The average molecular weight is 216 g/mol. The fourth-order valence-electron chi connectivity index (χ4n) is 1.71. The van der Waals surface area contributed by atoms with Crippen LogP contribution in [0.25, 0.3) is 0 Å². The fourth-order valence-corrected chi connectivity index (χ4v) is 1.71. The van der Waals surface area contributed by atoms with Crippen molar-refractivity contribution >= 4 is 0 Å². The Morgan fingerprint density at radius 1 is 1.31 bits per heavy atom. The summed E-state index contributed by atoms with van der Waals surface area (Å²) >= 11 is 0. The number of hydrogen-bond donors (Lipinski definition) is 1. The van der Waals surface area contributed by atoms with Crippen molar-refractivity contribution in [2.45, 2.75) is 38.6 Å². The van der Waals surface area contributed by atoms with Crippen LogP contribution in [0.2, 0.25) is 0 Å². The lowest BCUT2D eigenvalue weighted by atomic mass is 10.0. The monoisotopic (exact) mass is 216 g/mol. The van der Waals surface area contributed by atoms with Gasteiger partial charge < -0.3 is 5.32 Å². The first kappa shape index (κ1) is 12.7. The van der Waals surface area contributed by atoms with Crippen LogP contribution in [0.4, 0.5) is 0 Å². The molecule has 2 heteroatoms. The lowest BCUT2D eigenvalue weighted by Gasteiger charge is -2.18. The molecule has 0 spiro atoms. The smallest absolute Gasteiger partial charge is 0.0638 e. The molecule has 0 saturated heterocycles. The van der Waals surface area contributed by atoms with Crippen LogP contribution in [-0.2, 0) is 0 Å². The first-order chi connectivity index (χ1) is 7.77. The quantitative estimate of drug-likeness (QED) is 0.793. The van der Waals surface area contributed by atoms with Crippen molar-refractivity contribution in [3.63, 3.8) is 0 Å². The third kappa shape index (κ3) is 4.04. The molecule has 16 heavy (non-hydrogen) atoms. The lowest BCUT2D eigenvalue weighted by Crippen LogP contribution is -2.31. The minimum Gasteiger partial charge on any atom is -0.312 e. The van der Waals surface area contributed by atoms with Crippen LogP contribution < -0.4 is 5.32 Å². The zero-order valence-electron chi connectivity index (χ0n) is 10.1. The van der Waals surface area contributed by atoms with E-state index in [1.165, 1.54) is 5.56 Å². The fraction of sp³-hybridized carbons (Fsp3) is 0.500. The van der Waals surface area contributed by atoms with Crippen LogP contribution in [0, 0.1) is 11.3 Å². The number of hydrogen-bond acceptors (Lipinski definition) is 2. The zero-order valence-corrected chi connectivity index (χ0v) is 10.1. The molecule has 1 N–H and O–H groups in total. The minimum atomic E-state index is 0.330. The molecule has 0 bridgehead atoms. The van der Waals surface area contributed by atoms with Crippen molar-refractivity contribution in [1.82, 2.24) is 5.32 Å². The van der Waals surface area contributed by atoms with Gasteiger partial charge in [0.2, 0.25) is 0 Å². The maximum atomic E-state index is 8.66. The summed E-state index contributed by atoms with van der Waals surface area (Å²) in [5, 5.41) is 12.1. The van der Waals surface area contributed by atoms with E-state index >= 15 is 0 Å². The van der Waals surface area contributed by atoms with Gasteiger partial charge in [0.05, 0.1) is 12.5 Å². The summed E-state index contributed by atoms with van der Waals surface area (Å²) in [6, 6.07) is 13.0. The largest absolute Gasteiger partial charge is 0.312 e. The number of nitrogens with zero attached hydrogens (tertiary/aromatic N) is 1. The summed E-state index contributed by atoms with van der Waals surface area (Å²) < 4.78 is 0. The molecule has 0 radical (unpaired) electrons. The van der Waals surface area contributed by atoms with E-state index in [4.69, 9.17) is 5.26 Å². The molecule has 0 aliphatic carbocycles. The molecule has 0 aliphatic rings. The van der Waals surface area contributed by atoms with Gasteiger partial charge in [0, 0.05) is 12.6 Å². The molecule has 0 saturated carbocycles. The molecule has 0 heterocycles. The summed E-state index contributed by atoms with van der Waals surface area (Å²) in [6.45, 7) is 5.26. The first-order valence-electron chi connectivity index (χ1n) is 5.93. The summed E-state index contributed by atoms with van der Waals surface area (Å²) in [7, 11) is 0. The van der Waals surface area contributed by atoms with E-state index in [-0.39, 0.29) is 0 Å². The van der Waals surface area contributed by atoms with E-state index in [1.807, 2.05) is 6.07 Å². The van der Waals surface area contributed by atoms with E-state index in [1.54, 1.807) is 0 Å². The van der Waals surface area contributed by atoms with Crippen LogP contribution in [0.5, 0.6) is 0 Å². The second-order valence-electron chi connectivity index (χ2n) is 4.19. The summed E-state index contributed by atoms with van der Waals surface area (Å²) in [6.07, 6.45) is 1.60. The molecule has 86 valence electrons. The third-order valence-corrected chi connectivity index (χ3v) is 2.91. The molecular formula is C14H20N2. The van der Waals surface area contributed by atoms with Gasteiger partial charge in [-0.1, -0.05) is 44.2 Å². The highest BCUT2D eigenvalue weighted by atomic mass is 14.9. The van der Waals surface area contributed by atoms with Crippen molar-refractivity contribution in [3.8, 4) is 6.07 Å². The Labute approximate surface area is 98.3 Å². The molecule has 0 aromatic heterocycles. The molecule has 1 aromatic carbocycles. The maximum Gasteiger partial charge on any atom is 0.0638 e. The predicted octanol–water partition coefficient (Wildman–Crippen LogP) is 3.07. The van der Waals surface area contributed by atoms with Gasteiger partial charge in [-0.25, -0.2) is 0 Å². The van der Waals surface area contributed by atoms with Crippen molar-refractivity contribution in [3.05, 3.63) is 35.9 Å². The Hall–Kier alpha value is -1.33. The number of benzene rings is 1. The summed E-state index contributed by atoms with van der Waals surface area (Å²) in [5.74, 6) is 0.494. The molecular weight excluding hydrogens is 196 g/mol. The lowest BCUT2D eigenvalue weighted by molar-refractivity contribution is 0.484. The topological polar surface area (TPSA) is 35.8 Å². The highest BCUT2D eigenvalue weighted by Crippen LogP contribution is 2.13. The Morgan fingerprint density at radius 3 is 2.56 bits per heavy atom. The summed E-state index contributed by atoms with van der Waals surface area (Å²) in [4.78, 5) is 0. The second kappa shape index (κ2) is 7.03. The number of nitriles is 1. The molecule has 0 fully saturated rings. The van der Waals surface area contributed by atoms with Gasteiger partial charge in [0.1, 0.15) is 0 Å². The average Bonchev–Trinajstić information content (AvgIpc) is 2.35. The highest BCUT2D eigenvalue weighted by Gasteiger charge is 2.08. The van der Waals surface area contributed by atoms with Gasteiger partial charge in [0.25, 0.3) is 0 Å². The molecule has 0 unspecified atom stereocenters. The predicted molar refractivity (Wildman–Crippen MR) is 67.2 cm³/mol. The Morgan fingerprint density at radius 2 is 2.00 bits per heavy atom. The molecule has 1 aromatic rings. The number of rotatable bonds is 6. The van der Waals surface area contributed by atoms with Crippen molar-refractivity contribution < 1.29 is 0 Å². The first-order valence-corrected chi connectivity index (χ1v) is 5.93. The van der Waals surface area contributed by atoms with Crippen LogP contribution in [0.1, 0.15) is 38.2 Å². The van der Waals surface area contributed by atoms with Gasteiger partial charge in [0.15, 0.2) is 0 Å². The van der Waals surface area contributed by atoms with Crippen LogP contribution in [0.15, 0.2) is 30.3 Å². The number of nitrogens with one attached hydrogen (secondary N) is 1. The van der Waals surface area contributed by atoms with E-state index in [9.17, 15) is 0 Å². The van der Waals surface area contributed by atoms with Crippen LogP contribution >= 0.6 is 0 Å². The van der Waals surface area contributed by atoms with Gasteiger partial charge in [-0.15, -0.1) is 0 Å². The Balaban J connectivity index is 2.41. The summed E-state index contributed by atoms with van der Waals surface area (Å²) in [5.41, 5.74) is 1.35. The minimum absolute atomic E-state index is 0.330. The maximum absolute atomic E-state index is 8.66. The molecule has 2 nitrogen and oxygen atoms in total. The molecule has 2 atom stereocenters. The molecule has 1 rings (SSSR count). The van der Waals surface area contributed by atoms with Crippen molar-refractivity contribution in [1.29, 1.82) is 5.26 Å². The second-order valence-corrected chi connectivity index (χ2v) is 4.19. The van der Waals surface area contributed by atoms with Gasteiger partial charge in [-0.05, 0) is 17.9 Å². The molecule has 0 amide bonds. The van der Waals surface area contributed by atoms with Gasteiger partial charge in [-0.3, -0.25) is 0 Å². The normalized spacial score (nSPS) is 14.1. The van der Waals surface area contributed by atoms with Crippen molar-refractivity contribution in [2.24, 2.45) is 0 Å². The van der Waals surface area contributed by atoms with E-state index in [0.29, 0.717) is 18.4 Å². The highest BCUT2D eigenvalue weighted by molar-refractivity contribution is 5.19.